The molecule has 0 radical (unpaired) electrons. The minimum atomic E-state index is 0.763. The Labute approximate surface area is 94.1 Å². The maximum absolute atomic E-state index is 2.40. The molecule has 0 aromatic heterocycles. The second-order valence-electron chi connectivity index (χ2n) is 4.90. The first-order valence-electron chi connectivity index (χ1n) is 5.82. The standard InChI is InChI=1S/C14H23N/c1-12(2)13(3)10-15(4)11-14-8-6-5-7-9-14/h5-9,12-13H,10-11H2,1-4H3. The van der Waals surface area contributed by atoms with E-state index in [9.17, 15) is 0 Å². The quantitative estimate of drug-likeness (QED) is 0.712. The predicted octanol–water partition coefficient (Wildman–Crippen LogP) is 3.41. The van der Waals surface area contributed by atoms with Gasteiger partial charge in [-0.1, -0.05) is 51.1 Å². The molecular weight excluding hydrogens is 182 g/mol. The molecule has 1 aromatic rings. The third kappa shape index (κ3) is 4.48. The van der Waals surface area contributed by atoms with Crippen molar-refractivity contribution in [2.24, 2.45) is 11.8 Å². The van der Waals surface area contributed by atoms with Gasteiger partial charge in [0.25, 0.3) is 0 Å². The van der Waals surface area contributed by atoms with E-state index in [4.69, 9.17) is 0 Å². The second-order valence-corrected chi connectivity index (χ2v) is 4.90. The number of nitrogens with zero attached hydrogens (tertiary/aromatic N) is 1. The zero-order chi connectivity index (χ0) is 11.3. The molecule has 1 rings (SSSR count). The lowest BCUT2D eigenvalue weighted by atomic mass is 9.97. The van der Waals surface area contributed by atoms with Crippen LogP contribution < -0.4 is 0 Å². The molecule has 0 aliphatic carbocycles. The third-order valence-corrected chi connectivity index (χ3v) is 3.03. The summed E-state index contributed by atoms with van der Waals surface area (Å²) in [6, 6.07) is 10.7. The molecule has 0 fully saturated rings. The van der Waals surface area contributed by atoms with Crippen LogP contribution in [0.4, 0.5) is 0 Å². The van der Waals surface area contributed by atoms with Crippen molar-refractivity contribution in [3.05, 3.63) is 35.9 Å². The van der Waals surface area contributed by atoms with Gasteiger partial charge >= 0.3 is 0 Å². The molecule has 15 heavy (non-hydrogen) atoms. The Morgan fingerprint density at radius 1 is 1.07 bits per heavy atom. The normalized spacial score (nSPS) is 13.5. The number of rotatable bonds is 5. The van der Waals surface area contributed by atoms with Crippen LogP contribution in [0.1, 0.15) is 26.3 Å². The molecule has 0 saturated carbocycles. The fraction of sp³-hybridized carbons (Fsp3) is 0.571. The van der Waals surface area contributed by atoms with Gasteiger partial charge in [0.1, 0.15) is 0 Å². The molecule has 1 unspecified atom stereocenters. The van der Waals surface area contributed by atoms with Gasteiger partial charge in [-0.2, -0.15) is 0 Å². The lowest BCUT2D eigenvalue weighted by Gasteiger charge is -2.23. The van der Waals surface area contributed by atoms with Gasteiger partial charge in [0.15, 0.2) is 0 Å². The fourth-order valence-corrected chi connectivity index (χ4v) is 1.66. The van der Waals surface area contributed by atoms with E-state index in [0.717, 1.165) is 18.4 Å². The minimum Gasteiger partial charge on any atom is -0.302 e. The highest BCUT2D eigenvalue weighted by Crippen LogP contribution is 2.12. The van der Waals surface area contributed by atoms with Gasteiger partial charge in [-0.05, 0) is 24.4 Å². The van der Waals surface area contributed by atoms with Gasteiger partial charge in [0.2, 0.25) is 0 Å². The van der Waals surface area contributed by atoms with Crippen LogP contribution >= 0.6 is 0 Å². The van der Waals surface area contributed by atoms with Crippen molar-refractivity contribution in [1.29, 1.82) is 0 Å². The molecule has 0 aliphatic heterocycles. The number of hydrogen-bond acceptors (Lipinski definition) is 1. The summed E-state index contributed by atoms with van der Waals surface area (Å²) in [6.07, 6.45) is 0. The lowest BCUT2D eigenvalue weighted by Crippen LogP contribution is -2.26. The number of benzene rings is 1. The molecule has 1 heteroatoms. The van der Waals surface area contributed by atoms with Crippen molar-refractivity contribution in [2.75, 3.05) is 13.6 Å². The molecular formula is C14H23N. The highest BCUT2D eigenvalue weighted by Gasteiger charge is 2.10. The van der Waals surface area contributed by atoms with E-state index in [1.54, 1.807) is 0 Å². The van der Waals surface area contributed by atoms with Crippen molar-refractivity contribution in [1.82, 2.24) is 4.90 Å². The van der Waals surface area contributed by atoms with Crippen LogP contribution in [-0.2, 0) is 6.54 Å². The summed E-state index contributed by atoms with van der Waals surface area (Å²) in [7, 11) is 2.20. The zero-order valence-electron chi connectivity index (χ0n) is 10.4. The summed E-state index contributed by atoms with van der Waals surface area (Å²) in [4.78, 5) is 2.40. The first kappa shape index (κ1) is 12.3. The molecule has 84 valence electrons. The van der Waals surface area contributed by atoms with Crippen LogP contribution in [0.5, 0.6) is 0 Å². The molecule has 0 N–H and O–H groups in total. The highest BCUT2D eigenvalue weighted by atomic mass is 15.1. The van der Waals surface area contributed by atoms with Gasteiger partial charge in [-0.3, -0.25) is 0 Å². The molecule has 0 amide bonds. The van der Waals surface area contributed by atoms with Crippen molar-refractivity contribution in [3.8, 4) is 0 Å². The Hall–Kier alpha value is -0.820. The maximum atomic E-state index is 2.40. The molecule has 0 aliphatic rings. The van der Waals surface area contributed by atoms with E-state index >= 15 is 0 Å². The smallest absolute Gasteiger partial charge is 0.0230 e. The number of hydrogen-bond donors (Lipinski definition) is 0. The third-order valence-electron chi connectivity index (χ3n) is 3.03. The largest absolute Gasteiger partial charge is 0.302 e. The Balaban J connectivity index is 2.39. The molecule has 0 saturated heterocycles. The first-order valence-corrected chi connectivity index (χ1v) is 5.82. The summed E-state index contributed by atoms with van der Waals surface area (Å²) in [5, 5.41) is 0. The average Bonchev–Trinajstić information content (AvgIpc) is 2.18. The van der Waals surface area contributed by atoms with E-state index in [2.05, 4.69) is 63.1 Å². The molecule has 1 atom stereocenters. The summed E-state index contributed by atoms with van der Waals surface area (Å²) in [5.74, 6) is 1.53. The van der Waals surface area contributed by atoms with Gasteiger partial charge in [-0.25, -0.2) is 0 Å². The van der Waals surface area contributed by atoms with E-state index in [-0.39, 0.29) is 0 Å². The second kappa shape index (κ2) is 5.92. The zero-order valence-corrected chi connectivity index (χ0v) is 10.4. The van der Waals surface area contributed by atoms with Crippen molar-refractivity contribution < 1.29 is 0 Å². The fourth-order valence-electron chi connectivity index (χ4n) is 1.66. The van der Waals surface area contributed by atoms with Crippen LogP contribution in [0.25, 0.3) is 0 Å². The Kier molecular flexibility index (Phi) is 4.83. The van der Waals surface area contributed by atoms with E-state index in [0.29, 0.717) is 0 Å². The summed E-state index contributed by atoms with van der Waals surface area (Å²) in [6.45, 7) is 9.14. The van der Waals surface area contributed by atoms with Gasteiger partial charge in [-0.15, -0.1) is 0 Å². The van der Waals surface area contributed by atoms with E-state index in [1.807, 2.05) is 0 Å². The van der Waals surface area contributed by atoms with Gasteiger partial charge in [0.05, 0.1) is 0 Å². The molecule has 0 spiro atoms. The molecule has 1 nitrogen and oxygen atoms in total. The van der Waals surface area contributed by atoms with Crippen LogP contribution in [0, 0.1) is 11.8 Å². The van der Waals surface area contributed by atoms with E-state index < -0.39 is 0 Å². The topological polar surface area (TPSA) is 3.24 Å². The molecule has 0 heterocycles. The van der Waals surface area contributed by atoms with Crippen LogP contribution in [-0.4, -0.2) is 18.5 Å². The van der Waals surface area contributed by atoms with Crippen LogP contribution in [0.15, 0.2) is 30.3 Å². The maximum Gasteiger partial charge on any atom is 0.0230 e. The van der Waals surface area contributed by atoms with Crippen molar-refractivity contribution in [2.45, 2.75) is 27.3 Å². The molecule has 1 aromatic carbocycles. The lowest BCUT2D eigenvalue weighted by molar-refractivity contribution is 0.243. The Morgan fingerprint density at radius 3 is 2.20 bits per heavy atom. The first-order chi connectivity index (χ1) is 7.09. The Bertz CT molecular complexity index is 266. The Morgan fingerprint density at radius 2 is 1.67 bits per heavy atom. The highest BCUT2D eigenvalue weighted by molar-refractivity contribution is 5.14. The summed E-state index contributed by atoms with van der Waals surface area (Å²) in [5.41, 5.74) is 1.40. The molecule has 0 bridgehead atoms. The summed E-state index contributed by atoms with van der Waals surface area (Å²) >= 11 is 0. The average molecular weight is 205 g/mol. The van der Waals surface area contributed by atoms with E-state index in [1.165, 1.54) is 12.1 Å². The summed E-state index contributed by atoms with van der Waals surface area (Å²) < 4.78 is 0. The van der Waals surface area contributed by atoms with Crippen LogP contribution in [0.3, 0.4) is 0 Å². The van der Waals surface area contributed by atoms with Gasteiger partial charge < -0.3 is 4.90 Å². The van der Waals surface area contributed by atoms with Gasteiger partial charge in [0, 0.05) is 13.1 Å². The monoisotopic (exact) mass is 205 g/mol. The van der Waals surface area contributed by atoms with Crippen molar-refractivity contribution >= 4 is 0 Å². The van der Waals surface area contributed by atoms with Crippen molar-refractivity contribution in [3.63, 3.8) is 0 Å². The van der Waals surface area contributed by atoms with Crippen LogP contribution in [0.2, 0.25) is 0 Å². The SMILES string of the molecule is CC(C)C(C)CN(C)Cc1ccccc1. The minimum absolute atomic E-state index is 0.763. The predicted molar refractivity (Wildman–Crippen MR) is 66.8 cm³/mol.